The molecule has 5 atom stereocenters. The van der Waals surface area contributed by atoms with E-state index in [1.807, 2.05) is 0 Å². The van der Waals surface area contributed by atoms with Crippen molar-refractivity contribution in [1.82, 2.24) is 0 Å². The highest BCUT2D eigenvalue weighted by atomic mass is 14.8. The Bertz CT molecular complexity index is 942. The Morgan fingerprint density at radius 3 is 1.66 bits per heavy atom. The summed E-state index contributed by atoms with van der Waals surface area (Å²) in [7, 11) is 0. The second-order valence-corrected chi connectivity index (χ2v) is 18.4. The van der Waals surface area contributed by atoms with E-state index in [-0.39, 0.29) is 10.8 Å². The molecular formula is C47H87N3. The number of nitrogens with two attached hydrogens (primary N) is 3. The Labute approximate surface area is 312 Å². The van der Waals surface area contributed by atoms with Crippen LogP contribution in [0.2, 0.25) is 0 Å². The van der Waals surface area contributed by atoms with Gasteiger partial charge in [0.2, 0.25) is 0 Å². The van der Waals surface area contributed by atoms with Crippen molar-refractivity contribution in [2.24, 2.45) is 51.7 Å². The fourth-order valence-corrected chi connectivity index (χ4v) is 11.9. The maximum Gasteiger partial charge on any atom is 0.00831 e. The molecule has 0 radical (unpaired) electrons. The Balaban J connectivity index is 1.53. The van der Waals surface area contributed by atoms with Crippen LogP contribution in [0, 0.1) is 34.5 Å². The SMILES string of the molecule is CCCC1CC(CC2CCCCCCCCCC2)CCCCCCCCCCCCCCC/C(N)=C\C2=C[C@]3(CCCN)C(CC2)C3(CN)C1. The molecule has 0 saturated heterocycles. The van der Waals surface area contributed by atoms with E-state index in [4.69, 9.17) is 17.2 Å². The number of rotatable bonds is 8. The van der Waals surface area contributed by atoms with Gasteiger partial charge in [-0.2, -0.15) is 0 Å². The van der Waals surface area contributed by atoms with E-state index in [0.29, 0.717) is 0 Å². The van der Waals surface area contributed by atoms with Gasteiger partial charge in [-0.05, 0) is 117 Å². The van der Waals surface area contributed by atoms with Gasteiger partial charge in [-0.3, -0.25) is 0 Å². The van der Waals surface area contributed by atoms with E-state index in [1.165, 1.54) is 211 Å². The molecule has 0 aromatic rings. The minimum Gasteiger partial charge on any atom is -0.402 e. The van der Waals surface area contributed by atoms with Crippen LogP contribution in [0.4, 0.5) is 0 Å². The predicted molar refractivity (Wildman–Crippen MR) is 220 cm³/mol. The number of hydrogen-bond donors (Lipinski definition) is 3. The van der Waals surface area contributed by atoms with Gasteiger partial charge < -0.3 is 17.2 Å². The summed E-state index contributed by atoms with van der Waals surface area (Å²) in [6.07, 6.45) is 52.6. The molecule has 0 spiro atoms. The third-order valence-corrected chi connectivity index (χ3v) is 14.6. The molecule has 0 aromatic carbocycles. The first-order valence-corrected chi connectivity index (χ1v) is 23.1. The molecule has 6 N–H and O–H groups in total. The average molecular weight is 694 g/mol. The molecule has 4 unspecified atom stereocenters. The maximum atomic E-state index is 6.98. The molecule has 290 valence electrons. The zero-order valence-corrected chi connectivity index (χ0v) is 33.7. The van der Waals surface area contributed by atoms with Crippen molar-refractivity contribution in [3.05, 3.63) is 23.4 Å². The molecule has 3 heteroatoms. The summed E-state index contributed by atoms with van der Waals surface area (Å²) in [6, 6.07) is 0. The Morgan fingerprint density at radius 1 is 0.620 bits per heavy atom. The second kappa shape index (κ2) is 23.8. The minimum absolute atomic E-state index is 0.244. The minimum atomic E-state index is 0.244. The fourth-order valence-electron chi connectivity index (χ4n) is 11.9. The quantitative estimate of drug-likeness (QED) is 0.237. The lowest BCUT2D eigenvalue weighted by Gasteiger charge is -2.32. The molecule has 2 fully saturated rings. The molecular weight excluding hydrogens is 607 g/mol. The molecule has 2 saturated carbocycles. The largest absolute Gasteiger partial charge is 0.402 e. The van der Waals surface area contributed by atoms with Gasteiger partial charge in [0.05, 0.1) is 0 Å². The van der Waals surface area contributed by atoms with E-state index in [9.17, 15) is 0 Å². The van der Waals surface area contributed by atoms with Crippen LogP contribution in [0.3, 0.4) is 0 Å². The van der Waals surface area contributed by atoms with Crippen molar-refractivity contribution < 1.29 is 0 Å². The van der Waals surface area contributed by atoms with Crippen LogP contribution in [0.15, 0.2) is 23.4 Å². The monoisotopic (exact) mass is 694 g/mol. The summed E-state index contributed by atoms with van der Waals surface area (Å²) in [5.41, 5.74) is 23.0. The first kappa shape index (κ1) is 41.9. The van der Waals surface area contributed by atoms with Crippen LogP contribution in [-0.2, 0) is 0 Å². The van der Waals surface area contributed by atoms with Gasteiger partial charge in [0, 0.05) is 5.70 Å². The van der Waals surface area contributed by atoms with Crippen LogP contribution < -0.4 is 17.2 Å². The van der Waals surface area contributed by atoms with Crippen LogP contribution in [0.1, 0.15) is 225 Å². The van der Waals surface area contributed by atoms with Gasteiger partial charge in [-0.15, -0.1) is 0 Å². The number of fused-ring (bicyclic) bond motifs is 1. The highest BCUT2D eigenvalue weighted by molar-refractivity contribution is 5.39. The third kappa shape index (κ3) is 13.2. The van der Waals surface area contributed by atoms with E-state index < -0.39 is 0 Å². The summed E-state index contributed by atoms with van der Waals surface area (Å²) < 4.78 is 0. The topological polar surface area (TPSA) is 78.1 Å². The maximum absolute atomic E-state index is 6.98. The lowest BCUT2D eigenvalue weighted by Crippen LogP contribution is -2.28. The smallest absolute Gasteiger partial charge is 0.00831 e. The lowest BCUT2D eigenvalue weighted by molar-refractivity contribution is 0.208. The summed E-state index contributed by atoms with van der Waals surface area (Å²) in [4.78, 5) is 0. The first-order valence-electron chi connectivity index (χ1n) is 23.1. The molecule has 0 amide bonds. The zero-order valence-electron chi connectivity index (χ0n) is 33.7. The fraction of sp³-hybridized carbons (Fsp3) is 0.915. The van der Waals surface area contributed by atoms with Crippen molar-refractivity contribution in [3.8, 4) is 0 Å². The van der Waals surface area contributed by atoms with Crippen molar-refractivity contribution in [2.45, 2.75) is 225 Å². The van der Waals surface area contributed by atoms with Gasteiger partial charge in [0.15, 0.2) is 0 Å². The highest BCUT2D eigenvalue weighted by Crippen LogP contribution is 2.78. The van der Waals surface area contributed by atoms with E-state index in [2.05, 4.69) is 19.1 Å². The zero-order chi connectivity index (χ0) is 35.3. The molecule has 2 bridgehead atoms. The van der Waals surface area contributed by atoms with Gasteiger partial charge in [-0.1, -0.05) is 174 Å². The van der Waals surface area contributed by atoms with E-state index in [1.54, 1.807) is 0 Å². The molecule has 0 heterocycles. The standard InChI is InChI=1S/C47H87N3/c1-2-25-42-35-41(34-40-26-20-16-12-10-11-13-17-21-27-40)28-22-18-14-8-6-4-3-5-7-9-15-19-23-29-44(50)36-43-30-31-45-46(37-43,32-24-33-48)47(45,38-42)39-49/h36-37,40-42,45H,2-35,38-39,48-50H2,1H3/b44-36+/t41?,42?,45?,46-,47?/m1/s1. The molecule has 0 aliphatic heterocycles. The molecule has 3 nitrogen and oxygen atoms in total. The van der Waals surface area contributed by atoms with Crippen LogP contribution in [0.5, 0.6) is 0 Å². The van der Waals surface area contributed by atoms with E-state index >= 15 is 0 Å². The lowest BCUT2D eigenvalue weighted by atomic mass is 9.74. The Hall–Kier alpha value is -0.800. The normalized spacial score (nSPS) is 34.2. The Morgan fingerprint density at radius 2 is 1.14 bits per heavy atom. The predicted octanol–water partition coefficient (Wildman–Crippen LogP) is 13.4. The van der Waals surface area contributed by atoms with Crippen LogP contribution >= 0.6 is 0 Å². The van der Waals surface area contributed by atoms with Crippen LogP contribution in [0.25, 0.3) is 0 Å². The van der Waals surface area contributed by atoms with Crippen molar-refractivity contribution in [1.29, 1.82) is 0 Å². The second-order valence-electron chi connectivity index (χ2n) is 18.4. The summed E-state index contributed by atoms with van der Waals surface area (Å²) in [5, 5.41) is 0. The van der Waals surface area contributed by atoms with Gasteiger partial charge in [-0.25, -0.2) is 0 Å². The average Bonchev–Trinajstić information content (AvgIpc) is 3.69. The number of allylic oxidation sites excluding steroid dienone is 4. The van der Waals surface area contributed by atoms with Gasteiger partial charge in [0.25, 0.3) is 0 Å². The molecule has 0 aromatic heterocycles. The summed E-state index contributed by atoms with van der Waals surface area (Å²) >= 11 is 0. The van der Waals surface area contributed by atoms with Crippen molar-refractivity contribution >= 4 is 0 Å². The van der Waals surface area contributed by atoms with Gasteiger partial charge in [0.1, 0.15) is 0 Å². The van der Waals surface area contributed by atoms with Crippen molar-refractivity contribution in [2.75, 3.05) is 13.1 Å². The first-order chi connectivity index (χ1) is 24.6. The molecule has 50 heavy (non-hydrogen) atoms. The Kier molecular flexibility index (Phi) is 19.9. The van der Waals surface area contributed by atoms with Crippen molar-refractivity contribution in [3.63, 3.8) is 0 Å². The molecule has 4 aliphatic rings. The van der Waals surface area contributed by atoms with E-state index in [0.717, 1.165) is 55.3 Å². The summed E-state index contributed by atoms with van der Waals surface area (Å²) in [6.45, 7) is 4.08. The molecule has 4 aliphatic carbocycles. The third-order valence-electron chi connectivity index (χ3n) is 14.6. The van der Waals surface area contributed by atoms with Gasteiger partial charge >= 0.3 is 0 Å². The number of hydrogen-bond acceptors (Lipinski definition) is 3. The highest BCUT2D eigenvalue weighted by Gasteiger charge is 2.73. The van der Waals surface area contributed by atoms with Crippen LogP contribution in [-0.4, -0.2) is 13.1 Å². The summed E-state index contributed by atoms with van der Waals surface area (Å²) in [5.74, 6) is 3.41. The molecule has 4 rings (SSSR count).